The summed E-state index contributed by atoms with van der Waals surface area (Å²) in [6.07, 6.45) is -1.22. The molecule has 0 atom stereocenters. The normalized spacial score (nSPS) is 10.0. The molecule has 2 N–H and O–H groups in total. The van der Waals surface area contributed by atoms with E-state index in [1.807, 2.05) is 24.3 Å². The Kier molecular flexibility index (Phi) is 23.2. The molecule has 7 aromatic carbocycles. The van der Waals surface area contributed by atoms with E-state index >= 15 is 0 Å². The van der Waals surface area contributed by atoms with Crippen LogP contribution in [0.4, 0.5) is 0 Å². The Hall–Kier alpha value is -3.74. The average molecular weight is 887 g/mol. The minimum absolute atomic E-state index is 0. The fourth-order valence-corrected chi connectivity index (χ4v) is 7.68. The quantitative estimate of drug-likeness (QED) is 0.0630. The van der Waals surface area contributed by atoms with E-state index in [2.05, 4.69) is 202 Å². The van der Waals surface area contributed by atoms with Crippen molar-refractivity contribution in [1.82, 2.24) is 0 Å². The molecule has 0 bridgehead atoms. The van der Waals surface area contributed by atoms with Gasteiger partial charge >= 0.3 is 34.1 Å². The van der Waals surface area contributed by atoms with Crippen LogP contribution in [0.1, 0.15) is 55.6 Å². The van der Waals surface area contributed by atoms with Gasteiger partial charge in [0.1, 0.15) is 6.15 Å². The van der Waals surface area contributed by atoms with Gasteiger partial charge in [-0.2, -0.15) is 94.3 Å². The number of hydrogen-bond acceptors (Lipinski definition) is 3. The van der Waals surface area contributed by atoms with Crippen molar-refractivity contribution in [2.24, 2.45) is 5.84 Å². The van der Waals surface area contributed by atoms with Gasteiger partial charge in [0.2, 0.25) is 0 Å². The van der Waals surface area contributed by atoms with Crippen molar-refractivity contribution in [3.8, 4) is 0 Å². The number of benzene rings is 5. The summed E-state index contributed by atoms with van der Waals surface area (Å²) in [5.41, 5.74) is 23.0. The second-order valence-electron chi connectivity index (χ2n) is 14.5. The van der Waals surface area contributed by atoms with Crippen molar-refractivity contribution in [2.45, 2.75) is 79.0 Å². The molecule has 58 heavy (non-hydrogen) atoms. The van der Waals surface area contributed by atoms with Gasteiger partial charge in [0, 0.05) is 0 Å². The molecule has 0 fully saturated rings. The summed E-state index contributed by atoms with van der Waals surface area (Å²) < 4.78 is 0. The van der Waals surface area contributed by atoms with Crippen LogP contribution >= 0.6 is 0 Å². The Morgan fingerprint density at radius 2 is 0.569 bits per heavy atom. The van der Waals surface area contributed by atoms with Gasteiger partial charge in [-0.25, -0.2) is 0 Å². The van der Waals surface area contributed by atoms with E-state index in [4.69, 9.17) is 25.3 Å². The van der Waals surface area contributed by atoms with E-state index in [0.29, 0.717) is 0 Å². The van der Waals surface area contributed by atoms with E-state index in [0.717, 1.165) is 9.79 Å². The molecule has 304 valence electrons. The van der Waals surface area contributed by atoms with Crippen molar-refractivity contribution in [2.75, 3.05) is 7.05 Å². The third-order valence-electron chi connectivity index (χ3n) is 11.7. The molecular weight excluding hydrogens is 827 g/mol. The molecule has 0 heterocycles. The maximum Gasteiger partial charge on any atom is 3.00 e. The van der Waals surface area contributed by atoms with Crippen LogP contribution in [0.15, 0.2) is 155 Å². The molecule has 0 aromatic heterocycles. The molecule has 0 unspecified atom stereocenters. The Morgan fingerprint density at radius 3 is 0.707 bits per heavy atom. The number of rotatable bonds is 4. The Balaban J connectivity index is 0.000000424. The minimum atomic E-state index is -1.22. The molecule has 0 saturated carbocycles. The van der Waals surface area contributed by atoms with Gasteiger partial charge in [0.15, 0.2) is 0 Å². The third-order valence-corrected chi connectivity index (χ3v) is 12.5. The van der Waals surface area contributed by atoms with Crippen molar-refractivity contribution >= 4 is 53.3 Å². The van der Waals surface area contributed by atoms with Gasteiger partial charge in [-0.15, -0.1) is 0 Å². The number of nitrogens with two attached hydrogens (primary N) is 1. The maximum atomic E-state index is 4.85. The van der Waals surface area contributed by atoms with Crippen LogP contribution in [0.3, 0.4) is 0 Å². The van der Waals surface area contributed by atoms with E-state index in [9.17, 15) is 0 Å². The summed E-state index contributed by atoms with van der Waals surface area (Å²) in [5, 5.41) is 0. The van der Waals surface area contributed by atoms with Gasteiger partial charge in [0.25, 0.3) is 0 Å². The SMILES string of the molecule is C[N-]N.Cc1c(C)c(C)[c-](C)c1C.Cc1c(C)c(C)[c-](C)c1C.[Fe+3].[Fe+3].[S-]c1ccccc1[S-].c1ccc([B-](c2ccccc2)(c2ccccc2)c2ccccc2)cc1. The van der Waals surface area contributed by atoms with Crippen LogP contribution in [0.25, 0.3) is 5.43 Å². The molecule has 7 rings (SSSR count). The van der Waals surface area contributed by atoms with Gasteiger partial charge in [-0.1, -0.05) is 215 Å². The molecular formula is C51H59BFe2N2S2. The van der Waals surface area contributed by atoms with Gasteiger partial charge in [0.05, 0.1) is 0 Å². The Labute approximate surface area is 383 Å². The van der Waals surface area contributed by atoms with Crippen molar-refractivity contribution < 1.29 is 34.1 Å². The first-order chi connectivity index (χ1) is 26.7. The van der Waals surface area contributed by atoms with Gasteiger partial charge in [-0.05, 0) is 0 Å². The molecule has 0 spiro atoms. The van der Waals surface area contributed by atoms with Crippen LogP contribution in [0.2, 0.25) is 0 Å². The van der Waals surface area contributed by atoms with E-state index in [-0.39, 0.29) is 34.1 Å². The average Bonchev–Trinajstić information content (AvgIpc) is 3.51. The zero-order valence-electron chi connectivity index (χ0n) is 36.0. The zero-order chi connectivity index (χ0) is 41.4. The Bertz CT molecular complexity index is 1810. The molecule has 0 aliphatic heterocycles. The van der Waals surface area contributed by atoms with Crippen LogP contribution in [-0.2, 0) is 59.4 Å². The van der Waals surface area contributed by atoms with E-state index < -0.39 is 6.15 Å². The van der Waals surface area contributed by atoms with E-state index in [1.54, 1.807) is 0 Å². The molecule has 7 heteroatoms. The molecule has 0 aliphatic rings. The summed E-state index contributed by atoms with van der Waals surface area (Å²) in [6, 6.07) is 51.0. The van der Waals surface area contributed by atoms with Crippen LogP contribution in [0.5, 0.6) is 0 Å². The molecule has 0 saturated heterocycles. The standard InChI is InChI=1S/C24H20B.2C10H15.C6H6S2.CH5N2.2Fe/c1-5-13-21(14-6-1)25(22-15-7-2-8-16-22,23-17-9-3-10-18-23)24-19-11-4-12-20-24;2*1-6-7(2)9(4)10(5)8(6)3;7-5-3-1-2-4-6(5)8;1-3-2;;/h1-20H;2*1-5H3;1-4,7-8H;2H2,1H3;;/q3*-1;;-1;2*+3/p-2. The third kappa shape index (κ3) is 12.9. The molecule has 2 radical (unpaired) electrons. The second-order valence-corrected chi connectivity index (χ2v) is 15.3. The molecule has 7 aromatic rings. The predicted molar refractivity (Wildman–Crippen MR) is 253 cm³/mol. The van der Waals surface area contributed by atoms with Crippen LogP contribution in [-0.4, -0.2) is 13.2 Å². The first-order valence-corrected chi connectivity index (χ1v) is 20.1. The topological polar surface area (TPSA) is 40.1 Å². The van der Waals surface area contributed by atoms with Crippen LogP contribution < -0.4 is 27.7 Å². The predicted octanol–water partition coefficient (Wildman–Crippen LogP) is 10.3. The summed E-state index contributed by atoms with van der Waals surface area (Å²) >= 11 is 9.70. The molecule has 0 amide bonds. The monoisotopic (exact) mass is 886 g/mol. The van der Waals surface area contributed by atoms with Gasteiger partial charge in [-0.3, -0.25) is 0 Å². The summed E-state index contributed by atoms with van der Waals surface area (Å²) in [5.74, 6) is 4.47. The fraction of sp³-hybridized carbons (Fsp3) is 0.216. The first kappa shape index (κ1) is 52.3. The van der Waals surface area contributed by atoms with Crippen molar-refractivity contribution in [1.29, 1.82) is 0 Å². The smallest absolute Gasteiger partial charge is 0.781 e. The first-order valence-electron chi connectivity index (χ1n) is 19.2. The van der Waals surface area contributed by atoms with E-state index in [1.165, 1.54) is 84.5 Å². The minimum Gasteiger partial charge on any atom is -0.781 e. The number of hydrogen-bond donors (Lipinski definition) is 1. The van der Waals surface area contributed by atoms with Crippen molar-refractivity contribution in [3.05, 3.63) is 207 Å². The van der Waals surface area contributed by atoms with Gasteiger partial charge < -0.3 is 36.5 Å². The maximum absolute atomic E-state index is 4.85. The largest absolute Gasteiger partial charge is 3.00 e. The summed E-state index contributed by atoms with van der Waals surface area (Å²) in [4.78, 5) is 1.53. The molecule has 2 nitrogen and oxygen atoms in total. The summed E-state index contributed by atoms with van der Waals surface area (Å²) in [7, 11) is 1.53. The number of nitrogens with zero attached hydrogens (tertiary/aromatic N) is 1. The zero-order valence-corrected chi connectivity index (χ0v) is 39.8. The molecule has 0 aliphatic carbocycles. The van der Waals surface area contributed by atoms with Crippen molar-refractivity contribution in [3.63, 3.8) is 0 Å². The Morgan fingerprint density at radius 1 is 0.397 bits per heavy atom. The fourth-order valence-electron chi connectivity index (χ4n) is 7.38. The van der Waals surface area contributed by atoms with Crippen LogP contribution in [0, 0.1) is 69.2 Å². The summed E-state index contributed by atoms with van der Waals surface area (Å²) in [6.45, 7) is 22.0. The second kappa shape index (κ2) is 25.7.